The molecule has 3 rings (SSSR count). The lowest BCUT2D eigenvalue weighted by atomic mass is 10.1. The maximum atomic E-state index is 12.0. The van der Waals surface area contributed by atoms with Crippen LogP contribution in [0.3, 0.4) is 0 Å². The maximum Gasteiger partial charge on any atom is 0.220 e. The van der Waals surface area contributed by atoms with Gasteiger partial charge in [0.05, 0.1) is 10.6 Å². The molecule has 1 amide bonds. The molecule has 0 fully saturated rings. The zero-order valence-electron chi connectivity index (χ0n) is 13.0. The van der Waals surface area contributed by atoms with Crippen LogP contribution in [-0.2, 0) is 17.8 Å². The standard InChI is InChI=1S/C19H17ClN2OS/c20-16-4-1-3-14(11-16)6-7-19(23)22-13-15-8-9-21-17(12-15)18-5-2-10-24-18/h1-5,8-12H,6-7,13H2,(H,22,23). The van der Waals surface area contributed by atoms with Crippen LogP contribution in [0.1, 0.15) is 17.5 Å². The van der Waals surface area contributed by atoms with Gasteiger partial charge in [-0.25, -0.2) is 0 Å². The van der Waals surface area contributed by atoms with Crippen molar-refractivity contribution in [2.45, 2.75) is 19.4 Å². The van der Waals surface area contributed by atoms with E-state index in [1.54, 1.807) is 17.5 Å². The number of carbonyl (C=O) groups excluding carboxylic acids is 1. The van der Waals surface area contributed by atoms with Crippen molar-refractivity contribution in [3.63, 3.8) is 0 Å². The van der Waals surface area contributed by atoms with Crippen LogP contribution >= 0.6 is 22.9 Å². The van der Waals surface area contributed by atoms with Gasteiger partial charge in [0.1, 0.15) is 0 Å². The van der Waals surface area contributed by atoms with Crippen molar-refractivity contribution in [3.8, 4) is 10.6 Å². The number of halogens is 1. The molecule has 1 aromatic carbocycles. The summed E-state index contributed by atoms with van der Waals surface area (Å²) in [4.78, 5) is 17.5. The third kappa shape index (κ3) is 4.66. The number of rotatable bonds is 6. The molecule has 5 heteroatoms. The molecule has 0 aliphatic rings. The van der Waals surface area contributed by atoms with Gasteiger partial charge in [0.15, 0.2) is 0 Å². The first-order chi connectivity index (χ1) is 11.7. The Bertz CT molecular complexity index is 818. The SMILES string of the molecule is O=C(CCc1cccc(Cl)c1)NCc1ccnc(-c2cccs2)c1. The van der Waals surface area contributed by atoms with E-state index in [4.69, 9.17) is 11.6 Å². The van der Waals surface area contributed by atoms with Gasteiger partial charge in [-0.15, -0.1) is 11.3 Å². The Morgan fingerprint density at radius 2 is 2.04 bits per heavy atom. The molecular formula is C19H17ClN2OS. The van der Waals surface area contributed by atoms with Crippen LogP contribution in [0.5, 0.6) is 0 Å². The van der Waals surface area contributed by atoms with Gasteiger partial charge in [0, 0.05) is 24.2 Å². The van der Waals surface area contributed by atoms with E-state index in [0.29, 0.717) is 24.4 Å². The number of carbonyl (C=O) groups is 1. The largest absolute Gasteiger partial charge is 0.352 e. The Morgan fingerprint density at radius 3 is 2.83 bits per heavy atom. The first-order valence-electron chi connectivity index (χ1n) is 7.71. The van der Waals surface area contributed by atoms with Crippen molar-refractivity contribution in [3.05, 3.63) is 76.3 Å². The minimum atomic E-state index is 0.0319. The van der Waals surface area contributed by atoms with Crippen molar-refractivity contribution in [1.82, 2.24) is 10.3 Å². The number of pyridine rings is 1. The van der Waals surface area contributed by atoms with E-state index in [1.165, 1.54) is 0 Å². The Labute approximate surface area is 150 Å². The molecule has 2 aromatic heterocycles. The average Bonchev–Trinajstić information content (AvgIpc) is 3.13. The first-order valence-corrected chi connectivity index (χ1v) is 8.96. The van der Waals surface area contributed by atoms with Crippen LogP contribution in [0.4, 0.5) is 0 Å². The summed E-state index contributed by atoms with van der Waals surface area (Å²) in [5.74, 6) is 0.0319. The number of hydrogen-bond donors (Lipinski definition) is 1. The number of amides is 1. The summed E-state index contributed by atoms with van der Waals surface area (Å²) in [6.45, 7) is 0.509. The van der Waals surface area contributed by atoms with Crippen LogP contribution < -0.4 is 5.32 Å². The molecule has 3 aromatic rings. The summed E-state index contributed by atoms with van der Waals surface area (Å²) in [7, 11) is 0. The van der Waals surface area contributed by atoms with Crippen LogP contribution in [0, 0.1) is 0 Å². The fourth-order valence-electron chi connectivity index (χ4n) is 2.38. The Hall–Kier alpha value is -2.17. The lowest BCUT2D eigenvalue weighted by Gasteiger charge is -2.07. The van der Waals surface area contributed by atoms with E-state index in [0.717, 1.165) is 21.7 Å². The predicted octanol–water partition coefficient (Wildman–Crippen LogP) is 4.71. The summed E-state index contributed by atoms with van der Waals surface area (Å²) in [5.41, 5.74) is 3.06. The molecule has 0 atom stereocenters. The first kappa shape index (κ1) is 16.7. The van der Waals surface area contributed by atoms with Gasteiger partial charge < -0.3 is 5.32 Å². The van der Waals surface area contributed by atoms with Gasteiger partial charge in [0.2, 0.25) is 5.91 Å². The molecule has 3 nitrogen and oxygen atoms in total. The molecule has 24 heavy (non-hydrogen) atoms. The highest BCUT2D eigenvalue weighted by atomic mass is 35.5. The molecule has 0 aliphatic carbocycles. The zero-order chi connectivity index (χ0) is 16.8. The summed E-state index contributed by atoms with van der Waals surface area (Å²) in [6.07, 6.45) is 2.91. The maximum absolute atomic E-state index is 12.0. The Morgan fingerprint density at radius 1 is 1.12 bits per heavy atom. The lowest BCUT2D eigenvalue weighted by molar-refractivity contribution is -0.121. The third-order valence-electron chi connectivity index (χ3n) is 3.62. The Balaban J connectivity index is 1.52. The summed E-state index contributed by atoms with van der Waals surface area (Å²) < 4.78 is 0. The second-order valence-corrected chi connectivity index (χ2v) is 6.82. The van der Waals surface area contributed by atoms with Gasteiger partial charge in [-0.3, -0.25) is 9.78 Å². The summed E-state index contributed by atoms with van der Waals surface area (Å²) in [6, 6.07) is 15.6. The molecule has 0 saturated heterocycles. The van der Waals surface area contributed by atoms with Gasteiger partial charge >= 0.3 is 0 Å². The van der Waals surface area contributed by atoms with Gasteiger partial charge in [-0.1, -0.05) is 29.8 Å². The van der Waals surface area contributed by atoms with E-state index in [9.17, 15) is 4.79 Å². The highest BCUT2D eigenvalue weighted by molar-refractivity contribution is 7.13. The molecule has 2 heterocycles. The second kappa shape index (κ2) is 8.08. The van der Waals surface area contributed by atoms with Crippen LogP contribution in [0.25, 0.3) is 10.6 Å². The number of nitrogens with one attached hydrogen (secondary N) is 1. The molecule has 0 spiro atoms. The lowest BCUT2D eigenvalue weighted by Crippen LogP contribution is -2.23. The number of aromatic nitrogens is 1. The molecule has 0 bridgehead atoms. The highest BCUT2D eigenvalue weighted by Gasteiger charge is 2.05. The fraction of sp³-hybridized carbons (Fsp3) is 0.158. The molecule has 0 unspecified atom stereocenters. The molecule has 0 radical (unpaired) electrons. The number of aryl methyl sites for hydroxylation is 1. The van der Waals surface area contributed by atoms with Crippen molar-refractivity contribution in [1.29, 1.82) is 0 Å². The van der Waals surface area contributed by atoms with Crippen molar-refractivity contribution in [2.24, 2.45) is 0 Å². The minimum Gasteiger partial charge on any atom is -0.352 e. The normalized spacial score (nSPS) is 10.5. The number of thiophene rings is 1. The smallest absolute Gasteiger partial charge is 0.220 e. The monoisotopic (exact) mass is 356 g/mol. The van der Waals surface area contributed by atoms with Gasteiger partial charge in [0.25, 0.3) is 0 Å². The third-order valence-corrected chi connectivity index (χ3v) is 4.74. The minimum absolute atomic E-state index is 0.0319. The van der Waals surface area contributed by atoms with Crippen LogP contribution in [0.15, 0.2) is 60.1 Å². The summed E-state index contributed by atoms with van der Waals surface area (Å²) in [5, 5.41) is 5.69. The topological polar surface area (TPSA) is 42.0 Å². The van der Waals surface area contributed by atoms with Crippen molar-refractivity contribution >= 4 is 28.8 Å². The van der Waals surface area contributed by atoms with Gasteiger partial charge in [-0.05, 0) is 53.3 Å². The van der Waals surface area contributed by atoms with E-state index >= 15 is 0 Å². The molecule has 0 aliphatic heterocycles. The van der Waals surface area contributed by atoms with Crippen LogP contribution in [-0.4, -0.2) is 10.9 Å². The van der Waals surface area contributed by atoms with Gasteiger partial charge in [-0.2, -0.15) is 0 Å². The second-order valence-electron chi connectivity index (χ2n) is 5.43. The molecule has 0 saturated carbocycles. The molecular weight excluding hydrogens is 340 g/mol. The van der Waals surface area contributed by atoms with E-state index < -0.39 is 0 Å². The van der Waals surface area contributed by atoms with Crippen molar-refractivity contribution < 1.29 is 4.79 Å². The highest BCUT2D eigenvalue weighted by Crippen LogP contribution is 2.23. The number of benzene rings is 1. The predicted molar refractivity (Wildman–Crippen MR) is 99.2 cm³/mol. The Kier molecular flexibility index (Phi) is 5.62. The van der Waals surface area contributed by atoms with E-state index in [-0.39, 0.29) is 5.91 Å². The number of hydrogen-bond acceptors (Lipinski definition) is 3. The van der Waals surface area contributed by atoms with E-state index in [2.05, 4.69) is 10.3 Å². The van der Waals surface area contributed by atoms with E-state index in [1.807, 2.05) is 53.9 Å². The zero-order valence-corrected chi connectivity index (χ0v) is 14.6. The average molecular weight is 357 g/mol. The summed E-state index contributed by atoms with van der Waals surface area (Å²) >= 11 is 7.61. The van der Waals surface area contributed by atoms with Crippen molar-refractivity contribution in [2.75, 3.05) is 0 Å². The van der Waals surface area contributed by atoms with Crippen LogP contribution in [0.2, 0.25) is 5.02 Å². The quantitative estimate of drug-likeness (QED) is 0.694. The number of nitrogens with zero attached hydrogens (tertiary/aromatic N) is 1. The molecule has 122 valence electrons. The molecule has 1 N–H and O–H groups in total. The fourth-order valence-corrected chi connectivity index (χ4v) is 3.29.